The molecule has 110 valence electrons. The Hall–Kier alpha value is -1.42. The molecule has 0 saturated heterocycles. The number of nitrogens with one attached hydrogen (secondary N) is 1. The lowest BCUT2D eigenvalue weighted by atomic mass is 9.80. The minimum Gasteiger partial charge on any atom is -0.504 e. The zero-order valence-corrected chi connectivity index (χ0v) is 12.1. The first-order chi connectivity index (χ1) is 9.63. The van der Waals surface area contributed by atoms with Gasteiger partial charge < -0.3 is 15.5 Å². The average Bonchev–Trinajstić information content (AvgIpc) is 2.48. The second kappa shape index (κ2) is 6.84. The van der Waals surface area contributed by atoms with Crippen molar-refractivity contribution in [3.8, 4) is 11.5 Å². The van der Waals surface area contributed by atoms with E-state index in [4.69, 9.17) is 11.6 Å². The molecule has 1 aromatic carbocycles. The molecule has 0 radical (unpaired) electrons. The van der Waals surface area contributed by atoms with Crippen molar-refractivity contribution in [2.75, 3.05) is 12.4 Å². The van der Waals surface area contributed by atoms with Gasteiger partial charge in [0.05, 0.1) is 5.56 Å². The molecular weight excluding hydrogens is 278 g/mol. The first-order valence-electron chi connectivity index (χ1n) is 6.98. The zero-order valence-electron chi connectivity index (χ0n) is 11.3. The van der Waals surface area contributed by atoms with E-state index in [1.807, 2.05) is 0 Å². The SMILES string of the molecule is O=C(NCC1CCCCC1CCl)c1cccc(O)c1O. The van der Waals surface area contributed by atoms with Crippen LogP contribution in [-0.2, 0) is 0 Å². The van der Waals surface area contributed by atoms with Gasteiger partial charge in [-0.2, -0.15) is 0 Å². The van der Waals surface area contributed by atoms with E-state index in [0.717, 1.165) is 12.8 Å². The summed E-state index contributed by atoms with van der Waals surface area (Å²) in [5.41, 5.74) is 0.100. The molecule has 1 saturated carbocycles. The summed E-state index contributed by atoms with van der Waals surface area (Å²) < 4.78 is 0. The molecule has 0 aromatic heterocycles. The van der Waals surface area contributed by atoms with Gasteiger partial charge in [-0.1, -0.05) is 18.9 Å². The second-order valence-corrected chi connectivity index (χ2v) is 5.65. The monoisotopic (exact) mass is 297 g/mol. The summed E-state index contributed by atoms with van der Waals surface area (Å²) in [4.78, 5) is 12.0. The predicted molar refractivity (Wildman–Crippen MR) is 78.3 cm³/mol. The molecule has 2 atom stereocenters. The van der Waals surface area contributed by atoms with Gasteiger partial charge in [-0.25, -0.2) is 0 Å². The van der Waals surface area contributed by atoms with Gasteiger partial charge in [-0.05, 0) is 36.8 Å². The van der Waals surface area contributed by atoms with Crippen molar-refractivity contribution in [3.05, 3.63) is 23.8 Å². The molecular formula is C15H20ClNO3. The van der Waals surface area contributed by atoms with Crippen molar-refractivity contribution in [2.24, 2.45) is 11.8 Å². The van der Waals surface area contributed by atoms with Crippen molar-refractivity contribution in [2.45, 2.75) is 25.7 Å². The number of carbonyl (C=O) groups excluding carboxylic acids is 1. The fraction of sp³-hybridized carbons (Fsp3) is 0.533. The average molecular weight is 298 g/mol. The highest BCUT2D eigenvalue weighted by atomic mass is 35.5. The molecule has 2 rings (SSSR count). The summed E-state index contributed by atoms with van der Waals surface area (Å²) in [7, 11) is 0. The van der Waals surface area contributed by atoms with Gasteiger partial charge in [0.25, 0.3) is 5.91 Å². The van der Waals surface area contributed by atoms with Crippen LogP contribution in [0.1, 0.15) is 36.0 Å². The molecule has 4 nitrogen and oxygen atoms in total. The van der Waals surface area contributed by atoms with Crippen LogP contribution in [0.15, 0.2) is 18.2 Å². The number of amides is 1. The third-order valence-corrected chi connectivity index (χ3v) is 4.45. The fourth-order valence-corrected chi connectivity index (χ4v) is 3.20. The Morgan fingerprint density at radius 1 is 1.25 bits per heavy atom. The number of rotatable bonds is 4. The van der Waals surface area contributed by atoms with E-state index in [1.165, 1.54) is 31.0 Å². The van der Waals surface area contributed by atoms with Crippen molar-refractivity contribution in [1.82, 2.24) is 5.32 Å². The van der Waals surface area contributed by atoms with Crippen LogP contribution in [0.5, 0.6) is 11.5 Å². The number of carbonyl (C=O) groups is 1. The number of alkyl halides is 1. The van der Waals surface area contributed by atoms with E-state index >= 15 is 0 Å². The third kappa shape index (κ3) is 3.37. The molecule has 20 heavy (non-hydrogen) atoms. The largest absolute Gasteiger partial charge is 0.504 e. The molecule has 0 heterocycles. The number of benzene rings is 1. The Labute approximate surface area is 123 Å². The third-order valence-electron chi connectivity index (χ3n) is 4.05. The van der Waals surface area contributed by atoms with Crippen LogP contribution in [0.4, 0.5) is 0 Å². The van der Waals surface area contributed by atoms with Crippen LogP contribution in [0.25, 0.3) is 0 Å². The van der Waals surface area contributed by atoms with Crippen molar-refractivity contribution >= 4 is 17.5 Å². The summed E-state index contributed by atoms with van der Waals surface area (Å²) >= 11 is 5.97. The smallest absolute Gasteiger partial charge is 0.255 e. The summed E-state index contributed by atoms with van der Waals surface area (Å²) in [6.45, 7) is 0.561. The van der Waals surface area contributed by atoms with E-state index in [-0.39, 0.29) is 23.0 Å². The Kier molecular flexibility index (Phi) is 5.12. The lowest BCUT2D eigenvalue weighted by Gasteiger charge is -2.30. The first-order valence-corrected chi connectivity index (χ1v) is 7.52. The summed E-state index contributed by atoms with van der Waals surface area (Å²) in [5, 5.41) is 21.9. The fourth-order valence-electron chi connectivity index (χ4n) is 2.79. The Morgan fingerprint density at radius 3 is 2.65 bits per heavy atom. The molecule has 0 bridgehead atoms. The maximum atomic E-state index is 12.0. The van der Waals surface area contributed by atoms with Gasteiger partial charge in [0.15, 0.2) is 11.5 Å². The van der Waals surface area contributed by atoms with Gasteiger partial charge in [0.2, 0.25) is 0 Å². The van der Waals surface area contributed by atoms with Crippen LogP contribution in [-0.4, -0.2) is 28.5 Å². The second-order valence-electron chi connectivity index (χ2n) is 5.34. The Morgan fingerprint density at radius 2 is 1.95 bits per heavy atom. The van der Waals surface area contributed by atoms with Crippen molar-refractivity contribution in [1.29, 1.82) is 0 Å². The summed E-state index contributed by atoms with van der Waals surface area (Å²) in [6.07, 6.45) is 4.56. The summed E-state index contributed by atoms with van der Waals surface area (Å²) in [6, 6.07) is 4.37. The molecule has 1 fully saturated rings. The van der Waals surface area contributed by atoms with E-state index in [1.54, 1.807) is 0 Å². The Bertz CT molecular complexity index is 478. The maximum Gasteiger partial charge on any atom is 0.255 e. The van der Waals surface area contributed by atoms with Gasteiger partial charge in [-0.3, -0.25) is 4.79 Å². The standard InChI is InChI=1S/C15H20ClNO3/c16-8-10-4-1-2-5-11(10)9-17-15(20)12-6-3-7-13(18)14(12)19/h3,6-7,10-11,18-19H,1-2,4-5,8-9H2,(H,17,20). The quantitative estimate of drug-likeness (QED) is 0.591. The van der Waals surface area contributed by atoms with Crippen LogP contribution < -0.4 is 5.32 Å². The molecule has 1 aliphatic carbocycles. The molecule has 0 spiro atoms. The highest BCUT2D eigenvalue weighted by Crippen LogP contribution is 2.31. The van der Waals surface area contributed by atoms with E-state index in [0.29, 0.717) is 24.3 Å². The van der Waals surface area contributed by atoms with Crippen LogP contribution in [0, 0.1) is 11.8 Å². The minimum absolute atomic E-state index is 0.100. The van der Waals surface area contributed by atoms with Gasteiger partial charge in [0, 0.05) is 12.4 Å². The van der Waals surface area contributed by atoms with E-state index in [2.05, 4.69) is 5.32 Å². The normalized spacial score (nSPS) is 22.4. The highest BCUT2D eigenvalue weighted by molar-refractivity contribution is 6.18. The van der Waals surface area contributed by atoms with Crippen molar-refractivity contribution in [3.63, 3.8) is 0 Å². The van der Waals surface area contributed by atoms with Crippen LogP contribution in [0.2, 0.25) is 0 Å². The molecule has 3 N–H and O–H groups in total. The number of hydrogen-bond donors (Lipinski definition) is 3. The molecule has 1 aromatic rings. The van der Waals surface area contributed by atoms with Crippen LogP contribution >= 0.6 is 11.6 Å². The number of phenols is 2. The predicted octanol–water partition coefficient (Wildman–Crippen LogP) is 2.87. The van der Waals surface area contributed by atoms with E-state index < -0.39 is 0 Å². The lowest BCUT2D eigenvalue weighted by molar-refractivity contribution is 0.0933. The van der Waals surface area contributed by atoms with Crippen molar-refractivity contribution < 1.29 is 15.0 Å². The minimum atomic E-state index is -0.373. The molecule has 2 unspecified atom stereocenters. The maximum absolute atomic E-state index is 12.0. The number of aromatic hydroxyl groups is 2. The topological polar surface area (TPSA) is 69.6 Å². The summed E-state index contributed by atoms with van der Waals surface area (Å²) in [5.74, 6) is 0.444. The van der Waals surface area contributed by atoms with E-state index in [9.17, 15) is 15.0 Å². The van der Waals surface area contributed by atoms with Gasteiger partial charge in [-0.15, -0.1) is 11.6 Å². The van der Waals surface area contributed by atoms with Gasteiger partial charge >= 0.3 is 0 Å². The lowest BCUT2D eigenvalue weighted by Crippen LogP contribution is -2.34. The number of hydrogen-bond acceptors (Lipinski definition) is 3. The molecule has 1 amide bonds. The zero-order chi connectivity index (χ0) is 14.5. The van der Waals surface area contributed by atoms with Crippen LogP contribution in [0.3, 0.4) is 0 Å². The highest BCUT2D eigenvalue weighted by Gasteiger charge is 2.25. The number of phenolic OH excluding ortho intramolecular Hbond substituents is 2. The Balaban J connectivity index is 1.96. The number of para-hydroxylation sites is 1. The molecule has 0 aliphatic heterocycles. The van der Waals surface area contributed by atoms with Gasteiger partial charge in [0.1, 0.15) is 0 Å². The molecule has 5 heteroatoms. The first kappa shape index (κ1) is 15.0. The number of halogens is 1. The molecule has 1 aliphatic rings.